The minimum absolute atomic E-state index is 0.106. The average Bonchev–Trinajstić information content (AvgIpc) is 3.27. The van der Waals surface area contributed by atoms with E-state index in [2.05, 4.69) is 4.90 Å². The molecule has 3 aromatic carbocycles. The third-order valence-electron chi connectivity index (χ3n) is 7.68. The van der Waals surface area contributed by atoms with Crippen molar-refractivity contribution in [1.82, 2.24) is 9.80 Å². The predicted octanol–water partition coefficient (Wildman–Crippen LogP) is 5.32. The van der Waals surface area contributed by atoms with Crippen molar-refractivity contribution in [3.8, 4) is 0 Å². The van der Waals surface area contributed by atoms with Crippen LogP contribution in [0.25, 0.3) is 0 Å². The summed E-state index contributed by atoms with van der Waals surface area (Å²) < 4.78 is 32.9. The van der Waals surface area contributed by atoms with Gasteiger partial charge in [-0.05, 0) is 79.2 Å². The van der Waals surface area contributed by atoms with Crippen molar-refractivity contribution < 1.29 is 23.4 Å². The first-order chi connectivity index (χ1) is 17.9. The molecule has 0 bridgehead atoms. The molecule has 1 atom stereocenters. The van der Waals surface area contributed by atoms with E-state index in [1.165, 1.54) is 24.3 Å². The van der Waals surface area contributed by atoms with Crippen LogP contribution in [0.2, 0.25) is 0 Å². The third-order valence-corrected chi connectivity index (χ3v) is 7.68. The number of carbonyl (C=O) groups excluding carboxylic acids is 1. The summed E-state index contributed by atoms with van der Waals surface area (Å²) in [5.74, 6) is -0.838. The number of piperidine rings is 1. The molecule has 2 heterocycles. The minimum Gasteiger partial charge on any atom is -0.444 e. The molecule has 5 rings (SSSR count). The van der Waals surface area contributed by atoms with Crippen molar-refractivity contribution in [2.75, 3.05) is 26.2 Å². The number of benzene rings is 3. The second kappa shape index (κ2) is 11.0. The average molecular weight is 507 g/mol. The van der Waals surface area contributed by atoms with Crippen LogP contribution in [0, 0.1) is 17.6 Å². The highest BCUT2D eigenvalue weighted by Gasteiger charge is 2.42. The van der Waals surface area contributed by atoms with Gasteiger partial charge in [0.1, 0.15) is 23.3 Å². The first kappa shape index (κ1) is 25.4. The van der Waals surface area contributed by atoms with Crippen molar-refractivity contribution in [1.29, 1.82) is 0 Å². The first-order valence-corrected chi connectivity index (χ1v) is 12.9. The summed E-state index contributed by atoms with van der Waals surface area (Å²) in [4.78, 5) is 16.4. The number of cyclic esters (lactones) is 1. The minimum atomic E-state index is -1.34. The molecule has 5 nitrogen and oxygen atoms in total. The predicted molar refractivity (Wildman–Crippen MR) is 137 cm³/mol. The molecule has 1 amide bonds. The lowest BCUT2D eigenvalue weighted by atomic mass is 9.72. The Labute approximate surface area is 216 Å². The molecule has 2 aliphatic rings. The second-order valence-electron chi connectivity index (χ2n) is 10.1. The normalized spacial score (nSPS) is 19.3. The fourth-order valence-electron chi connectivity index (χ4n) is 5.60. The molecular weight excluding hydrogens is 474 g/mol. The largest absolute Gasteiger partial charge is 0.444 e. The maximum Gasteiger partial charge on any atom is 0.410 e. The standard InChI is InChI=1S/C30H32F2N2O3/c31-26-10-6-23(7-11-26)30(36,24-8-12-27(32)13-9-24)25-14-17-33(18-15-25)19-16-28-21-34(29(35)37-28)20-22-4-2-1-3-5-22/h1-13,25,28,36H,14-21H2. The Balaban J connectivity index is 1.19. The summed E-state index contributed by atoms with van der Waals surface area (Å²) >= 11 is 0. The Bertz CT molecular complexity index is 1130. The van der Waals surface area contributed by atoms with Crippen LogP contribution in [0.15, 0.2) is 78.9 Å². The molecule has 0 aromatic heterocycles. The number of rotatable bonds is 8. The van der Waals surface area contributed by atoms with E-state index in [9.17, 15) is 18.7 Å². The zero-order chi connectivity index (χ0) is 25.8. The maximum absolute atomic E-state index is 13.6. The number of nitrogens with zero attached hydrogens (tertiary/aromatic N) is 2. The lowest BCUT2D eigenvalue weighted by Crippen LogP contribution is -2.44. The van der Waals surface area contributed by atoms with Crippen LogP contribution in [0.5, 0.6) is 0 Å². The topological polar surface area (TPSA) is 53.0 Å². The van der Waals surface area contributed by atoms with Gasteiger partial charge in [0.2, 0.25) is 0 Å². The van der Waals surface area contributed by atoms with Gasteiger partial charge in [0.25, 0.3) is 0 Å². The number of ether oxygens (including phenoxy) is 1. The van der Waals surface area contributed by atoms with Gasteiger partial charge in [0.05, 0.1) is 6.54 Å². The monoisotopic (exact) mass is 506 g/mol. The number of amides is 1. The van der Waals surface area contributed by atoms with Gasteiger partial charge in [-0.2, -0.15) is 0 Å². The Morgan fingerprint density at radius 2 is 1.43 bits per heavy atom. The van der Waals surface area contributed by atoms with Gasteiger partial charge in [-0.3, -0.25) is 0 Å². The molecule has 2 aliphatic heterocycles. The Morgan fingerprint density at radius 1 is 0.865 bits per heavy atom. The SMILES string of the molecule is O=C1OC(CCN2CCC(C(O)(c3ccc(F)cc3)c3ccc(F)cc3)CC2)CN1Cc1ccccc1. The van der Waals surface area contributed by atoms with Gasteiger partial charge in [-0.25, -0.2) is 13.6 Å². The van der Waals surface area contributed by atoms with Crippen molar-refractivity contribution in [2.24, 2.45) is 5.92 Å². The third kappa shape index (κ3) is 5.68. The highest BCUT2D eigenvalue weighted by atomic mass is 19.1. The van der Waals surface area contributed by atoms with E-state index in [0.29, 0.717) is 24.2 Å². The smallest absolute Gasteiger partial charge is 0.410 e. The van der Waals surface area contributed by atoms with Crippen molar-refractivity contribution in [3.63, 3.8) is 0 Å². The van der Waals surface area contributed by atoms with E-state index < -0.39 is 5.60 Å². The van der Waals surface area contributed by atoms with Crippen molar-refractivity contribution in [3.05, 3.63) is 107 Å². The molecule has 2 saturated heterocycles. The zero-order valence-corrected chi connectivity index (χ0v) is 20.7. The number of hydrogen-bond acceptors (Lipinski definition) is 4. The molecular formula is C30H32F2N2O3. The summed E-state index contributed by atoms with van der Waals surface area (Å²) in [6.07, 6.45) is 1.81. The molecule has 1 N–H and O–H groups in total. The van der Waals surface area contributed by atoms with Crippen LogP contribution in [-0.2, 0) is 16.9 Å². The van der Waals surface area contributed by atoms with E-state index in [1.807, 2.05) is 30.3 Å². The summed E-state index contributed by atoms with van der Waals surface area (Å²) in [5, 5.41) is 12.0. The summed E-state index contributed by atoms with van der Waals surface area (Å²) in [6, 6.07) is 21.7. The zero-order valence-electron chi connectivity index (χ0n) is 20.7. The summed E-state index contributed by atoms with van der Waals surface area (Å²) in [7, 11) is 0. The van der Waals surface area contributed by atoms with E-state index in [0.717, 1.165) is 44.5 Å². The number of carbonyl (C=O) groups is 1. The molecule has 3 aromatic rings. The molecule has 0 aliphatic carbocycles. The molecule has 7 heteroatoms. The van der Waals surface area contributed by atoms with Crippen LogP contribution < -0.4 is 0 Å². The molecule has 0 saturated carbocycles. The quantitative estimate of drug-likeness (QED) is 0.449. The van der Waals surface area contributed by atoms with Crippen LogP contribution in [0.3, 0.4) is 0 Å². The van der Waals surface area contributed by atoms with Crippen LogP contribution in [0.1, 0.15) is 36.0 Å². The lowest BCUT2D eigenvalue weighted by molar-refractivity contribution is -0.0155. The van der Waals surface area contributed by atoms with Gasteiger partial charge in [-0.1, -0.05) is 54.6 Å². The number of hydrogen-bond donors (Lipinski definition) is 1. The Morgan fingerprint density at radius 3 is 2.00 bits per heavy atom. The first-order valence-electron chi connectivity index (χ1n) is 12.9. The van der Waals surface area contributed by atoms with Gasteiger partial charge >= 0.3 is 6.09 Å². The van der Waals surface area contributed by atoms with Crippen LogP contribution >= 0.6 is 0 Å². The lowest BCUT2D eigenvalue weighted by Gasteiger charge is -2.42. The van der Waals surface area contributed by atoms with Crippen LogP contribution in [0.4, 0.5) is 13.6 Å². The molecule has 194 valence electrons. The molecule has 2 fully saturated rings. The number of aliphatic hydroxyl groups is 1. The van der Waals surface area contributed by atoms with Gasteiger partial charge < -0.3 is 19.6 Å². The van der Waals surface area contributed by atoms with E-state index in [-0.39, 0.29) is 29.7 Å². The molecule has 37 heavy (non-hydrogen) atoms. The highest BCUT2D eigenvalue weighted by Crippen LogP contribution is 2.42. The molecule has 1 unspecified atom stereocenters. The van der Waals surface area contributed by atoms with Crippen molar-refractivity contribution in [2.45, 2.75) is 37.5 Å². The number of likely N-dealkylation sites (tertiary alicyclic amines) is 1. The fourth-order valence-corrected chi connectivity index (χ4v) is 5.60. The fraction of sp³-hybridized carbons (Fsp3) is 0.367. The number of halogens is 2. The Kier molecular flexibility index (Phi) is 7.53. The van der Waals surface area contributed by atoms with Gasteiger partial charge in [0.15, 0.2) is 0 Å². The maximum atomic E-state index is 13.6. The van der Waals surface area contributed by atoms with E-state index in [1.54, 1.807) is 29.2 Å². The summed E-state index contributed by atoms with van der Waals surface area (Å²) in [6.45, 7) is 3.49. The summed E-state index contributed by atoms with van der Waals surface area (Å²) in [5.41, 5.74) is 0.953. The Hall–Kier alpha value is -3.29. The second-order valence-corrected chi connectivity index (χ2v) is 10.1. The van der Waals surface area contributed by atoms with E-state index >= 15 is 0 Å². The van der Waals surface area contributed by atoms with Crippen molar-refractivity contribution >= 4 is 6.09 Å². The van der Waals surface area contributed by atoms with Gasteiger partial charge in [0, 0.05) is 13.1 Å². The molecule has 0 spiro atoms. The van der Waals surface area contributed by atoms with Gasteiger partial charge in [-0.15, -0.1) is 0 Å². The highest BCUT2D eigenvalue weighted by molar-refractivity contribution is 5.69. The van der Waals surface area contributed by atoms with Crippen LogP contribution in [-0.4, -0.2) is 53.3 Å². The van der Waals surface area contributed by atoms with E-state index in [4.69, 9.17) is 4.74 Å². The molecule has 0 radical (unpaired) electrons.